The van der Waals surface area contributed by atoms with Gasteiger partial charge >= 0.3 is 0 Å². The Labute approximate surface area is 245 Å². The Bertz CT molecular complexity index is 1010. The van der Waals surface area contributed by atoms with Crippen molar-refractivity contribution in [2.45, 2.75) is 148 Å². The van der Waals surface area contributed by atoms with Gasteiger partial charge < -0.3 is 14.6 Å². The highest BCUT2D eigenvalue weighted by atomic mass is 32.2. The normalized spacial score (nSPS) is 36.9. The van der Waals surface area contributed by atoms with Crippen LogP contribution in [0, 0.1) is 22.7 Å². The Hall–Kier alpha value is -0.333. The summed E-state index contributed by atoms with van der Waals surface area (Å²) >= 11 is 1.73. The standard InChI is InChI=1S/C34H58O3SSi/c1-11-24-15-17-27-26-16-14-25-22-34(36,38-21-13-12-19-31(5,6)35)23-29(37-39(9,10)30(2,3)4)33(25,8)28(26)18-20-32(24,27)7/h14-16,27-29,35-36H,11-13,17-23H2,1-10H3/t27-,28-,29-,32+,33-,34-/m0/s1. The Balaban J connectivity index is 1.64. The molecule has 0 aromatic heterocycles. The molecular weight excluding hydrogens is 517 g/mol. The highest BCUT2D eigenvalue weighted by Gasteiger charge is 2.60. The summed E-state index contributed by atoms with van der Waals surface area (Å²) in [7, 11) is -2.06. The maximum atomic E-state index is 12.1. The van der Waals surface area contributed by atoms with E-state index in [1.807, 2.05) is 13.8 Å². The van der Waals surface area contributed by atoms with Crippen molar-refractivity contribution in [3.8, 4) is 0 Å². The van der Waals surface area contributed by atoms with Crippen molar-refractivity contribution in [3.63, 3.8) is 0 Å². The van der Waals surface area contributed by atoms with Crippen LogP contribution in [-0.4, -0.2) is 40.9 Å². The molecule has 2 saturated carbocycles. The first-order valence-corrected chi connectivity index (χ1v) is 19.6. The van der Waals surface area contributed by atoms with Crippen molar-refractivity contribution in [1.82, 2.24) is 0 Å². The highest BCUT2D eigenvalue weighted by Crippen LogP contribution is 2.66. The Kier molecular flexibility index (Phi) is 8.70. The summed E-state index contributed by atoms with van der Waals surface area (Å²) in [5.41, 5.74) is 4.36. The van der Waals surface area contributed by atoms with Crippen LogP contribution in [0.2, 0.25) is 18.1 Å². The summed E-state index contributed by atoms with van der Waals surface area (Å²) in [5, 5.41) is 22.3. The summed E-state index contributed by atoms with van der Waals surface area (Å²) < 4.78 is 7.36. The molecule has 4 aliphatic carbocycles. The minimum atomic E-state index is -2.06. The van der Waals surface area contributed by atoms with E-state index in [4.69, 9.17) is 4.43 Å². The monoisotopic (exact) mass is 574 g/mol. The molecule has 0 aromatic carbocycles. The van der Waals surface area contributed by atoms with E-state index in [2.05, 4.69) is 72.9 Å². The third-order valence-electron chi connectivity index (χ3n) is 11.6. The zero-order valence-corrected chi connectivity index (χ0v) is 28.6. The summed E-state index contributed by atoms with van der Waals surface area (Å²) in [6, 6.07) is 0. The molecule has 0 aromatic rings. The fourth-order valence-electron chi connectivity index (χ4n) is 7.98. The van der Waals surface area contributed by atoms with E-state index in [9.17, 15) is 10.2 Å². The molecule has 3 nitrogen and oxygen atoms in total. The van der Waals surface area contributed by atoms with Crippen molar-refractivity contribution >= 4 is 20.1 Å². The van der Waals surface area contributed by atoms with E-state index in [1.165, 1.54) is 31.3 Å². The molecule has 0 bridgehead atoms. The molecule has 4 aliphatic rings. The molecule has 39 heavy (non-hydrogen) atoms. The van der Waals surface area contributed by atoms with Gasteiger partial charge in [-0.1, -0.05) is 76.5 Å². The second kappa shape index (κ2) is 10.7. The molecule has 2 N–H and O–H groups in total. The lowest BCUT2D eigenvalue weighted by Crippen LogP contribution is -2.58. The van der Waals surface area contributed by atoms with Crippen LogP contribution in [0.25, 0.3) is 0 Å². The second-order valence-corrected chi connectivity index (χ2v) is 22.0. The van der Waals surface area contributed by atoms with Crippen LogP contribution in [0.15, 0.2) is 34.9 Å². The smallest absolute Gasteiger partial charge is 0.192 e. The quantitative estimate of drug-likeness (QED) is 0.125. The molecular formula is C34H58O3SSi. The van der Waals surface area contributed by atoms with Crippen molar-refractivity contribution < 1.29 is 14.6 Å². The third-order valence-corrected chi connectivity index (χ3v) is 17.4. The molecule has 6 atom stereocenters. The molecule has 0 amide bonds. The van der Waals surface area contributed by atoms with Gasteiger partial charge in [0, 0.05) is 18.3 Å². The third kappa shape index (κ3) is 5.96. The van der Waals surface area contributed by atoms with Crippen LogP contribution >= 0.6 is 11.8 Å². The second-order valence-electron chi connectivity index (χ2n) is 15.8. The van der Waals surface area contributed by atoms with Crippen LogP contribution in [0.1, 0.15) is 113 Å². The zero-order valence-electron chi connectivity index (χ0n) is 26.7. The van der Waals surface area contributed by atoms with Gasteiger partial charge in [-0.2, -0.15) is 0 Å². The number of thioether (sulfide) groups is 1. The number of fused-ring (bicyclic) bond motifs is 5. The van der Waals surface area contributed by atoms with E-state index in [0.29, 0.717) is 23.7 Å². The van der Waals surface area contributed by atoms with Gasteiger partial charge in [-0.15, -0.1) is 11.8 Å². The summed E-state index contributed by atoms with van der Waals surface area (Å²) in [6.45, 7) is 22.9. The van der Waals surface area contributed by atoms with Gasteiger partial charge in [0.05, 0.1) is 11.7 Å². The largest absolute Gasteiger partial charge is 0.413 e. The van der Waals surface area contributed by atoms with Gasteiger partial charge in [-0.25, -0.2) is 0 Å². The van der Waals surface area contributed by atoms with E-state index in [1.54, 1.807) is 22.9 Å². The van der Waals surface area contributed by atoms with Gasteiger partial charge in [0.2, 0.25) is 0 Å². The van der Waals surface area contributed by atoms with Gasteiger partial charge in [-0.05, 0) is 99.9 Å². The predicted molar refractivity (Wildman–Crippen MR) is 170 cm³/mol. The first-order valence-electron chi connectivity index (χ1n) is 15.7. The van der Waals surface area contributed by atoms with Crippen LogP contribution < -0.4 is 0 Å². The van der Waals surface area contributed by atoms with E-state index >= 15 is 0 Å². The first kappa shape index (κ1) is 31.6. The molecule has 222 valence electrons. The van der Waals surface area contributed by atoms with Gasteiger partial charge in [0.15, 0.2) is 8.32 Å². The zero-order chi connectivity index (χ0) is 29.1. The number of rotatable bonds is 9. The molecule has 0 aliphatic heterocycles. The van der Waals surface area contributed by atoms with Gasteiger partial charge in [0.25, 0.3) is 0 Å². The molecule has 2 fully saturated rings. The topological polar surface area (TPSA) is 49.7 Å². The number of aliphatic hydroxyl groups is 2. The molecule has 4 rings (SSSR count). The van der Waals surface area contributed by atoms with E-state index < -0.39 is 18.9 Å². The van der Waals surface area contributed by atoms with Crippen molar-refractivity contribution in [1.29, 1.82) is 0 Å². The lowest BCUT2D eigenvalue weighted by molar-refractivity contribution is -0.0527. The number of allylic oxidation sites excluding steroid dienone is 5. The van der Waals surface area contributed by atoms with Crippen molar-refractivity contribution in [2.75, 3.05) is 5.75 Å². The van der Waals surface area contributed by atoms with Crippen LogP contribution in [0.4, 0.5) is 0 Å². The molecule has 0 saturated heterocycles. The summed E-state index contributed by atoms with van der Waals surface area (Å²) in [5.74, 6) is 2.02. The lowest BCUT2D eigenvalue weighted by atomic mass is 9.49. The minimum Gasteiger partial charge on any atom is -0.413 e. The molecule has 0 unspecified atom stereocenters. The van der Waals surface area contributed by atoms with Gasteiger partial charge in [-0.3, -0.25) is 0 Å². The van der Waals surface area contributed by atoms with Crippen molar-refractivity contribution in [2.24, 2.45) is 22.7 Å². The van der Waals surface area contributed by atoms with E-state index in [0.717, 1.165) is 31.4 Å². The summed E-state index contributed by atoms with van der Waals surface area (Å²) in [6.07, 6.45) is 16.5. The average Bonchev–Trinajstić information content (AvgIpc) is 3.14. The molecule has 0 radical (unpaired) electrons. The van der Waals surface area contributed by atoms with Gasteiger partial charge in [0.1, 0.15) is 4.93 Å². The fraction of sp³-hybridized carbons (Fsp3) is 0.824. The van der Waals surface area contributed by atoms with Crippen LogP contribution in [0.5, 0.6) is 0 Å². The maximum Gasteiger partial charge on any atom is 0.192 e. The maximum absolute atomic E-state index is 12.1. The van der Waals surface area contributed by atoms with Crippen LogP contribution in [-0.2, 0) is 4.43 Å². The SMILES string of the molecule is CCC1=CC[C@H]2C3=CC=C4C[C@](O)(SCCCCC(C)(C)O)C[C@H](O[Si](C)(C)C(C)(C)C)[C@]4(C)[C@H]3CC[C@]12C. The molecule has 5 heteroatoms. The molecule has 0 spiro atoms. The Morgan fingerprint density at radius 2 is 1.77 bits per heavy atom. The average molecular weight is 575 g/mol. The van der Waals surface area contributed by atoms with Crippen LogP contribution in [0.3, 0.4) is 0 Å². The van der Waals surface area contributed by atoms with E-state index in [-0.39, 0.29) is 16.6 Å². The number of unbranched alkanes of at least 4 members (excludes halogenated alkanes) is 1. The Morgan fingerprint density at radius 1 is 1.08 bits per heavy atom. The highest BCUT2D eigenvalue weighted by molar-refractivity contribution is 8.00. The molecule has 0 heterocycles. The first-order chi connectivity index (χ1) is 17.9. The minimum absolute atomic E-state index is 0.0188. The lowest BCUT2D eigenvalue weighted by Gasteiger charge is -2.60. The summed E-state index contributed by atoms with van der Waals surface area (Å²) in [4.78, 5) is -0.800. The number of hydrogen-bond acceptors (Lipinski definition) is 4. The Morgan fingerprint density at radius 3 is 2.38 bits per heavy atom. The number of hydrogen-bond donors (Lipinski definition) is 2. The van der Waals surface area contributed by atoms with Crippen molar-refractivity contribution in [3.05, 3.63) is 34.9 Å². The fourth-order valence-corrected chi connectivity index (χ4v) is 10.6. The predicted octanol–water partition coefficient (Wildman–Crippen LogP) is 9.18.